The van der Waals surface area contributed by atoms with Crippen LogP contribution in [0.3, 0.4) is 0 Å². The number of carboxylic acids is 1. The molecule has 1 aliphatic heterocycles. The number of hydrogen-bond acceptors (Lipinski definition) is 5. The number of ether oxygens (including phenoxy) is 1. The minimum absolute atomic E-state index is 0.000260. The SMILES string of the molecule is Cc1cc(C)cc(-n2nc(C)c3c(-c4ccc(N5CCOCC5)cc4)cc(C(=O)O)nc32)c1. The number of fused-ring (bicyclic) bond motifs is 1. The molecular weight excluding hydrogens is 416 g/mol. The zero-order valence-electron chi connectivity index (χ0n) is 19.0. The fourth-order valence-electron chi connectivity index (χ4n) is 4.55. The van der Waals surface area contributed by atoms with Crippen molar-refractivity contribution in [2.75, 3.05) is 31.2 Å². The fourth-order valence-corrected chi connectivity index (χ4v) is 4.55. The predicted octanol–water partition coefficient (Wildman–Crippen LogP) is 4.55. The Morgan fingerprint density at radius 1 is 0.939 bits per heavy atom. The van der Waals surface area contributed by atoms with Gasteiger partial charge in [-0.05, 0) is 73.4 Å². The van der Waals surface area contributed by atoms with E-state index in [0.29, 0.717) is 5.65 Å². The molecule has 1 fully saturated rings. The normalized spacial score (nSPS) is 14.1. The van der Waals surface area contributed by atoms with Crippen LogP contribution in [0.15, 0.2) is 48.5 Å². The van der Waals surface area contributed by atoms with Gasteiger partial charge in [-0.3, -0.25) is 0 Å². The number of nitrogens with zero attached hydrogens (tertiary/aromatic N) is 4. The molecule has 1 aliphatic rings. The van der Waals surface area contributed by atoms with Gasteiger partial charge in [0.2, 0.25) is 0 Å². The minimum Gasteiger partial charge on any atom is -0.477 e. The van der Waals surface area contributed by atoms with Crippen LogP contribution >= 0.6 is 0 Å². The number of benzene rings is 2. The molecule has 2 aromatic heterocycles. The van der Waals surface area contributed by atoms with Crippen LogP contribution in [0, 0.1) is 20.8 Å². The van der Waals surface area contributed by atoms with E-state index in [0.717, 1.165) is 71.0 Å². The summed E-state index contributed by atoms with van der Waals surface area (Å²) in [6.07, 6.45) is 0. The molecule has 7 heteroatoms. The topological polar surface area (TPSA) is 80.5 Å². The lowest BCUT2D eigenvalue weighted by Gasteiger charge is -2.29. The van der Waals surface area contributed by atoms with E-state index in [9.17, 15) is 9.90 Å². The first-order valence-corrected chi connectivity index (χ1v) is 11.1. The Labute approximate surface area is 192 Å². The number of aromatic nitrogens is 3. The molecule has 168 valence electrons. The van der Waals surface area contributed by atoms with Gasteiger partial charge in [0.1, 0.15) is 0 Å². The van der Waals surface area contributed by atoms with Crippen molar-refractivity contribution in [3.8, 4) is 16.8 Å². The van der Waals surface area contributed by atoms with Gasteiger partial charge in [-0.15, -0.1) is 0 Å². The monoisotopic (exact) mass is 442 g/mol. The molecule has 0 spiro atoms. The number of aromatic carboxylic acids is 1. The quantitative estimate of drug-likeness (QED) is 0.500. The van der Waals surface area contributed by atoms with Gasteiger partial charge in [-0.1, -0.05) is 18.2 Å². The van der Waals surface area contributed by atoms with Gasteiger partial charge in [0, 0.05) is 18.8 Å². The third kappa shape index (κ3) is 3.96. The summed E-state index contributed by atoms with van der Waals surface area (Å²) in [5.74, 6) is -1.06. The van der Waals surface area contributed by atoms with Crippen LogP contribution in [0.5, 0.6) is 0 Å². The Hall–Kier alpha value is -3.71. The van der Waals surface area contributed by atoms with Crippen molar-refractivity contribution in [1.82, 2.24) is 14.8 Å². The molecule has 0 bridgehead atoms. The molecule has 5 rings (SSSR count). The zero-order valence-corrected chi connectivity index (χ0v) is 19.0. The molecule has 33 heavy (non-hydrogen) atoms. The van der Waals surface area contributed by atoms with Crippen molar-refractivity contribution in [3.05, 3.63) is 71.0 Å². The number of carboxylic acid groups (broad SMARTS) is 1. The van der Waals surface area contributed by atoms with E-state index in [1.807, 2.05) is 45.0 Å². The summed E-state index contributed by atoms with van der Waals surface area (Å²) in [6.45, 7) is 9.19. The van der Waals surface area contributed by atoms with Gasteiger partial charge in [0.05, 0.1) is 30.0 Å². The molecule has 0 amide bonds. The van der Waals surface area contributed by atoms with Crippen molar-refractivity contribution < 1.29 is 14.6 Å². The molecule has 0 unspecified atom stereocenters. The highest BCUT2D eigenvalue weighted by atomic mass is 16.5. The highest BCUT2D eigenvalue weighted by Crippen LogP contribution is 2.33. The first kappa shape index (κ1) is 21.2. The summed E-state index contributed by atoms with van der Waals surface area (Å²) in [7, 11) is 0. The highest BCUT2D eigenvalue weighted by Gasteiger charge is 2.20. The summed E-state index contributed by atoms with van der Waals surface area (Å²) < 4.78 is 7.20. The van der Waals surface area contributed by atoms with Crippen LogP contribution in [-0.4, -0.2) is 52.1 Å². The van der Waals surface area contributed by atoms with E-state index in [1.165, 1.54) is 0 Å². The number of hydrogen-bond donors (Lipinski definition) is 1. The Balaban J connectivity index is 1.67. The van der Waals surface area contributed by atoms with Gasteiger partial charge >= 0.3 is 5.97 Å². The highest BCUT2D eigenvalue weighted by molar-refractivity contribution is 6.00. The van der Waals surface area contributed by atoms with Crippen molar-refractivity contribution in [2.45, 2.75) is 20.8 Å². The molecule has 1 N–H and O–H groups in total. The van der Waals surface area contributed by atoms with E-state index in [-0.39, 0.29) is 5.69 Å². The first-order valence-electron chi connectivity index (χ1n) is 11.1. The average molecular weight is 443 g/mol. The maximum absolute atomic E-state index is 11.9. The van der Waals surface area contributed by atoms with Gasteiger partial charge < -0.3 is 14.7 Å². The van der Waals surface area contributed by atoms with Crippen LogP contribution in [0.1, 0.15) is 27.3 Å². The number of pyridine rings is 1. The minimum atomic E-state index is -1.06. The van der Waals surface area contributed by atoms with Gasteiger partial charge in [0.15, 0.2) is 11.3 Å². The Morgan fingerprint density at radius 3 is 2.24 bits per heavy atom. The van der Waals surface area contributed by atoms with E-state index < -0.39 is 5.97 Å². The van der Waals surface area contributed by atoms with Gasteiger partial charge in [0.25, 0.3) is 0 Å². The molecule has 3 heterocycles. The van der Waals surface area contributed by atoms with Crippen molar-refractivity contribution in [1.29, 1.82) is 0 Å². The number of morpholine rings is 1. The van der Waals surface area contributed by atoms with Crippen molar-refractivity contribution in [3.63, 3.8) is 0 Å². The van der Waals surface area contributed by atoms with Crippen LogP contribution < -0.4 is 4.90 Å². The second-order valence-corrected chi connectivity index (χ2v) is 8.55. The lowest BCUT2D eigenvalue weighted by Crippen LogP contribution is -2.36. The maximum Gasteiger partial charge on any atom is 0.354 e. The lowest BCUT2D eigenvalue weighted by molar-refractivity contribution is 0.0691. The third-order valence-electron chi connectivity index (χ3n) is 6.04. The molecule has 0 saturated carbocycles. The average Bonchev–Trinajstić information content (AvgIpc) is 3.15. The number of carbonyl (C=O) groups is 1. The summed E-state index contributed by atoms with van der Waals surface area (Å²) in [4.78, 5) is 18.7. The summed E-state index contributed by atoms with van der Waals surface area (Å²) >= 11 is 0. The molecular formula is C26H26N4O3. The molecule has 0 aliphatic carbocycles. The number of rotatable bonds is 4. The van der Waals surface area contributed by atoms with Crippen LogP contribution in [0.4, 0.5) is 5.69 Å². The smallest absolute Gasteiger partial charge is 0.354 e. The number of aryl methyl sites for hydroxylation is 3. The molecule has 2 aromatic carbocycles. The second-order valence-electron chi connectivity index (χ2n) is 8.55. The number of anilines is 1. The van der Waals surface area contributed by atoms with Crippen LogP contribution in [0.2, 0.25) is 0 Å². The standard InChI is InChI=1S/C26H26N4O3/c1-16-12-17(2)14-21(13-16)30-25-24(18(3)28-30)22(15-23(27-25)26(31)32)19-4-6-20(7-5-19)29-8-10-33-11-9-29/h4-7,12-15H,8-11H2,1-3H3,(H,31,32). The Bertz CT molecular complexity index is 1330. The first-order chi connectivity index (χ1) is 15.9. The van der Waals surface area contributed by atoms with E-state index in [1.54, 1.807) is 10.7 Å². The van der Waals surface area contributed by atoms with Crippen molar-refractivity contribution >= 4 is 22.7 Å². The summed E-state index contributed by atoms with van der Waals surface area (Å²) in [5.41, 5.74) is 7.33. The maximum atomic E-state index is 11.9. The van der Waals surface area contributed by atoms with E-state index in [2.05, 4.69) is 28.1 Å². The third-order valence-corrected chi connectivity index (χ3v) is 6.04. The Kier molecular flexibility index (Phi) is 5.34. The molecule has 7 nitrogen and oxygen atoms in total. The van der Waals surface area contributed by atoms with Gasteiger partial charge in [-0.25, -0.2) is 14.5 Å². The largest absolute Gasteiger partial charge is 0.477 e. The molecule has 0 atom stereocenters. The van der Waals surface area contributed by atoms with E-state index >= 15 is 0 Å². The summed E-state index contributed by atoms with van der Waals surface area (Å²) in [5, 5.41) is 15.4. The van der Waals surface area contributed by atoms with Crippen molar-refractivity contribution in [2.24, 2.45) is 0 Å². The lowest BCUT2D eigenvalue weighted by atomic mass is 10.0. The van der Waals surface area contributed by atoms with E-state index in [4.69, 9.17) is 9.84 Å². The van der Waals surface area contributed by atoms with Gasteiger partial charge in [-0.2, -0.15) is 5.10 Å². The molecule has 4 aromatic rings. The molecule has 0 radical (unpaired) electrons. The fraction of sp³-hybridized carbons (Fsp3) is 0.269. The van der Waals surface area contributed by atoms with Crippen LogP contribution in [-0.2, 0) is 4.74 Å². The van der Waals surface area contributed by atoms with Crippen LogP contribution in [0.25, 0.3) is 27.8 Å². The second kappa shape index (κ2) is 8.33. The Morgan fingerprint density at radius 2 is 1.61 bits per heavy atom. The summed E-state index contributed by atoms with van der Waals surface area (Å²) in [6, 6.07) is 16.1. The zero-order chi connectivity index (χ0) is 23.1. The predicted molar refractivity (Wildman–Crippen MR) is 129 cm³/mol. The molecule has 1 saturated heterocycles.